The summed E-state index contributed by atoms with van der Waals surface area (Å²) < 4.78 is 42.4. The summed E-state index contributed by atoms with van der Waals surface area (Å²) in [5.41, 5.74) is 1.83. The fraction of sp³-hybridized carbons (Fsp3) is 0.400. The number of nitrogens with zero attached hydrogens (tertiary/aromatic N) is 2. The van der Waals surface area contributed by atoms with Gasteiger partial charge >= 0.3 is 0 Å². The monoisotopic (exact) mass is 621 g/mol. The Morgan fingerprint density at radius 3 is 2.16 bits per heavy atom. The minimum Gasteiger partial charge on any atom is -0.436 e. The Balaban J connectivity index is 0.000000339. The zero-order valence-electron chi connectivity index (χ0n) is 25.9. The van der Waals surface area contributed by atoms with Gasteiger partial charge in [-0.3, -0.25) is 4.55 Å². The van der Waals surface area contributed by atoms with Crippen molar-refractivity contribution in [2.24, 2.45) is 5.92 Å². The summed E-state index contributed by atoms with van der Waals surface area (Å²) in [6.45, 7) is 4.68. The van der Waals surface area contributed by atoms with Crippen LogP contribution in [0.5, 0.6) is 0 Å². The lowest BCUT2D eigenvalue weighted by atomic mass is 9.73. The maximum atomic E-state index is 12.0. The van der Waals surface area contributed by atoms with Gasteiger partial charge in [-0.05, 0) is 43.0 Å². The number of ether oxygens (including phenoxy) is 1. The zero-order chi connectivity index (χ0) is 31.6. The molecule has 9 heteroatoms. The normalized spacial score (nSPS) is 15.7. The zero-order valence-corrected chi connectivity index (χ0v) is 26.7. The molecule has 1 fully saturated rings. The molecule has 1 atom stereocenters. The van der Waals surface area contributed by atoms with Crippen LogP contribution in [0.25, 0.3) is 0 Å². The molecule has 1 aliphatic carbocycles. The third-order valence-corrected chi connectivity index (χ3v) is 9.01. The minimum atomic E-state index is -4.02. The molecule has 4 aromatic rings. The summed E-state index contributed by atoms with van der Waals surface area (Å²) in [5, 5.41) is 12.0. The summed E-state index contributed by atoms with van der Waals surface area (Å²) in [4.78, 5) is 4.54. The summed E-state index contributed by atoms with van der Waals surface area (Å²) in [6.07, 6.45) is 7.28. The van der Waals surface area contributed by atoms with Crippen molar-refractivity contribution >= 4 is 10.1 Å². The first-order valence-corrected chi connectivity index (χ1v) is 16.6. The SMILES string of the molecule is C[N+](C)(CCOCc1ccccc1)Cc1cnc([C@](O)(c2ccccc2)C2CCCCC2)o1.Cc1ccc(S(=O)(=O)O)cc1. The van der Waals surface area contributed by atoms with Crippen LogP contribution in [0.1, 0.15) is 60.4 Å². The number of likely N-dealkylation sites (N-methyl/N-ethyl adjacent to an activating group) is 1. The molecule has 44 heavy (non-hydrogen) atoms. The molecule has 1 aliphatic rings. The number of oxazole rings is 1. The van der Waals surface area contributed by atoms with Crippen LogP contribution >= 0.6 is 0 Å². The van der Waals surface area contributed by atoms with E-state index in [9.17, 15) is 13.5 Å². The number of benzene rings is 3. The molecule has 236 valence electrons. The van der Waals surface area contributed by atoms with Gasteiger partial charge in [0.2, 0.25) is 5.89 Å². The van der Waals surface area contributed by atoms with Crippen LogP contribution in [0.15, 0.2) is 100 Å². The van der Waals surface area contributed by atoms with Crippen LogP contribution in [0, 0.1) is 12.8 Å². The smallest absolute Gasteiger partial charge is 0.294 e. The quantitative estimate of drug-likeness (QED) is 0.111. The molecule has 0 unspecified atom stereocenters. The van der Waals surface area contributed by atoms with E-state index in [1.165, 1.54) is 24.1 Å². The average Bonchev–Trinajstić information content (AvgIpc) is 3.48. The molecule has 2 N–H and O–H groups in total. The van der Waals surface area contributed by atoms with Gasteiger partial charge in [-0.2, -0.15) is 8.42 Å². The van der Waals surface area contributed by atoms with Gasteiger partial charge in [0.05, 0.1) is 38.4 Å². The lowest BCUT2D eigenvalue weighted by Gasteiger charge is -2.36. The van der Waals surface area contributed by atoms with E-state index in [-0.39, 0.29) is 10.8 Å². The predicted octanol–water partition coefficient (Wildman–Crippen LogP) is 6.53. The summed E-state index contributed by atoms with van der Waals surface area (Å²) in [6, 6.07) is 26.1. The van der Waals surface area contributed by atoms with Crippen molar-refractivity contribution in [3.63, 3.8) is 0 Å². The van der Waals surface area contributed by atoms with Crippen molar-refractivity contribution in [2.75, 3.05) is 27.2 Å². The van der Waals surface area contributed by atoms with Crippen LogP contribution in [0.2, 0.25) is 0 Å². The molecule has 1 saturated carbocycles. The highest BCUT2D eigenvalue weighted by Crippen LogP contribution is 2.43. The van der Waals surface area contributed by atoms with E-state index < -0.39 is 15.7 Å². The molecule has 0 aliphatic heterocycles. The maximum absolute atomic E-state index is 12.0. The fourth-order valence-corrected chi connectivity index (χ4v) is 6.07. The Labute approximate surface area is 261 Å². The van der Waals surface area contributed by atoms with E-state index in [0.29, 0.717) is 25.6 Å². The topological polar surface area (TPSA) is 110 Å². The van der Waals surface area contributed by atoms with Gasteiger partial charge in [0.1, 0.15) is 13.1 Å². The number of hydrogen-bond donors (Lipinski definition) is 2. The van der Waals surface area contributed by atoms with Crippen molar-refractivity contribution < 1.29 is 31.7 Å². The van der Waals surface area contributed by atoms with E-state index in [0.717, 1.165) is 53.6 Å². The Morgan fingerprint density at radius 2 is 1.55 bits per heavy atom. The number of aromatic nitrogens is 1. The number of hydrogen-bond acceptors (Lipinski definition) is 6. The second-order valence-electron chi connectivity index (χ2n) is 12.2. The number of quaternary nitrogens is 1. The molecule has 0 saturated heterocycles. The number of aryl methyl sites for hydroxylation is 1. The number of aliphatic hydroxyl groups is 1. The molecule has 3 aromatic carbocycles. The molecule has 5 rings (SSSR count). The molecular formula is C35H45N2O6S+. The highest BCUT2D eigenvalue weighted by molar-refractivity contribution is 7.85. The van der Waals surface area contributed by atoms with E-state index in [1.54, 1.807) is 18.3 Å². The van der Waals surface area contributed by atoms with Gasteiger partial charge in [-0.15, -0.1) is 0 Å². The van der Waals surface area contributed by atoms with Crippen LogP contribution in [0.4, 0.5) is 0 Å². The van der Waals surface area contributed by atoms with Gasteiger partial charge < -0.3 is 18.7 Å². The van der Waals surface area contributed by atoms with Gasteiger partial charge in [-0.25, -0.2) is 4.98 Å². The van der Waals surface area contributed by atoms with E-state index in [4.69, 9.17) is 13.7 Å². The highest BCUT2D eigenvalue weighted by atomic mass is 32.2. The third-order valence-electron chi connectivity index (χ3n) is 8.14. The van der Waals surface area contributed by atoms with Crippen molar-refractivity contribution in [1.29, 1.82) is 0 Å². The van der Waals surface area contributed by atoms with E-state index in [1.807, 2.05) is 55.5 Å². The first-order chi connectivity index (χ1) is 21.0. The molecular weight excluding hydrogens is 576 g/mol. The molecule has 1 heterocycles. The third kappa shape index (κ3) is 9.33. The summed E-state index contributed by atoms with van der Waals surface area (Å²) in [7, 11) is 0.311. The lowest BCUT2D eigenvalue weighted by molar-refractivity contribution is -0.905. The molecule has 1 aromatic heterocycles. The van der Waals surface area contributed by atoms with Crippen molar-refractivity contribution in [2.45, 2.75) is 62.7 Å². The fourth-order valence-electron chi connectivity index (χ4n) is 5.59. The summed E-state index contributed by atoms with van der Waals surface area (Å²) >= 11 is 0. The molecule has 8 nitrogen and oxygen atoms in total. The lowest BCUT2D eigenvalue weighted by Crippen LogP contribution is -2.41. The Kier molecular flexibility index (Phi) is 11.5. The van der Waals surface area contributed by atoms with Crippen LogP contribution in [0.3, 0.4) is 0 Å². The highest BCUT2D eigenvalue weighted by Gasteiger charge is 2.44. The standard InChI is InChI=1S/C28H37N2O3.C7H8O3S/c1-30(2,18-19-32-22-23-12-6-3-7-13-23)21-26-20-29-27(33-26)28(31,24-14-8-4-9-15-24)25-16-10-5-11-17-25;1-6-2-4-7(5-3-6)11(8,9)10/h3-4,6-9,12-15,20,25,31H,5,10-11,16-19,21-22H2,1-2H3;2-5H,1H3,(H,8,9,10)/q+1;/t28-;/m0./s1. The number of rotatable bonds is 11. The Bertz CT molecular complexity index is 1530. The van der Waals surface area contributed by atoms with Crippen LogP contribution < -0.4 is 0 Å². The van der Waals surface area contributed by atoms with Crippen molar-refractivity contribution in [1.82, 2.24) is 4.98 Å². The maximum Gasteiger partial charge on any atom is 0.294 e. The second kappa shape index (κ2) is 15.1. The molecule has 0 spiro atoms. The van der Waals surface area contributed by atoms with Crippen LogP contribution in [-0.4, -0.2) is 54.8 Å². The van der Waals surface area contributed by atoms with Gasteiger partial charge in [0, 0.05) is 5.92 Å². The second-order valence-corrected chi connectivity index (χ2v) is 13.7. The van der Waals surface area contributed by atoms with Gasteiger partial charge in [0.25, 0.3) is 10.1 Å². The van der Waals surface area contributed by atoms with E-state index >= 15 is 0 Å². The molecule has 0 bridgehead atoms. The first-order valence-electron chi connectivity index (χ1n) is 15.2. The molecule has 0 amide bonds. The minimum absolute atomic E-state index is 0.0666. The van der Waals surface area contributed by atoms with Crippen molar-refractivity contribution in [3.05, 3.63) is 119 Å². The Hall–Kier alpha value is -3.34. The van der Waals surface area contributed by atoms with Crippen LogP contribution in [-0.2, 0) is 33.6 Å². The molecule has 0 radical (unpaired) electrons. The Morgan fingerprint density at radius 1 is 0.932 bits per heavy atom. The first kappa shape index (κ1) is 33.6. The predicted molar refractivity (Wildman–Crippen MR) is 170 cm³/mol. The largest absolute Gasteiger partial charge is 0.436 e. The average molecular weight is 622 g/mol. The van der Waals surface area contributed by atoms with Gasteiger partial charge in [0.15, 0.2) is 11.4 Å². The van der Waals surface area contributed by atoms with Gasteiger partial charge in [-0.1, -0.05) is 97.6 Å². The van der Waals surface area contributed by atoms with E-state index in [2.05, 4.69) is 31.2 Å². The summed E-state index contributed by atoms with van der Waals surface area (Å²) in [5.74, 6) is 1.34. The van der Waals surface area contributed by atoms with Crippen molar-refractivity contribution in [3.8, 4) is 0 Å².